The molecule has 1 aromatic carbocycles. The molecule has 2 aliphatic rings. The highest BCUT2D eigenvalue weighted by Gasteiger charge is 2.35. The number of carbonyl (C=O) groups excluding carboxylic acids is 4. The molecular weight excluding hydrogens is 426 g/mol. The van der Waals surface area contributed by atoms with Crippen molar-refractivity contribution in [1.82, 2.24) is 20.0 Å². The summed E-state index contributed by atoms with van der Waals surface area (Å²) in [5, 5.41) is 5.51. The number of nitrogens with zero attached hydrogens (tertiary/aromatic N) is 3. The normalized spacial score (nSPS) is 19.2. The smallest absolute Gasteiger partial charge is 0.289 e. The number of amides is 4. The van der Waals surface area contributed by atoms with Gasteiger partial charge in [-0.2, -0.15) is 0 Å². The molecule has 174 valence electrons. The van der Waals surface area contributed by atoms with Gasteiger partial charge in [0.1, 0.15) is 6.04 Å². The maximum Gasteiger partial charge on any atom is 0.289 e. The Hall–Kier alpha value is -3.66. The van der Waals surface area contributed by atoms with E-state index < -0.39 is 6.04 Å². The maximum atomic E-state index is 13.0. The molecule has 2 aromatic rings. The largest absolute Gasteiger partial charge is 0.459 e. The summed E-state index contributed by atoms with van der Waals surface area (Å²) in [6.45, 7) is 2.88. The van der Waals surface area contributed by atoms with Gasteiger partial charge in [-0.25, -0.2) is 0 Å². The summed E-state index contributed by atoms with van der Waals surface area (Å²) in [5.41, 5.74) is 0.638. The van der Waals surface area contributed by atoms with E-state index in [0.717, 1.165) is 0 Å². The van der Waals surface area contributed by atoms with Crippen LogP contribution >= 0.6 is 0 Å². The van der Waals surface area contributed by atoms with E-state index in [9.17, 15) is 19.2 Å². The molecule has 0 radical (unpaired) electrons. The molecule has 4 rings (SSSR count). The van der Waals surface area contributed by atoms with Gasteiger partial charge in [-0.1, -0.05) is 18.2 Å². The lowest BCUT2D eigenvalue weighted by molar-refractivity contribution is -0.145. The van der Waals surface area contributed by atoms with Crippen molar-refractivity contribution in [3.63, 3.8) is 0 Å². The first-order valence-electron chi connectivity index (χ1n) is 11.0. The third kappa shape index (κ3) is 5.58. The molecule has 2 N–H and O–H groups in total. The average Bonchev–Trinajstić information content (AvgIpc) is 3.36. The second kappa shape index (κ2) is 10.3. The fourth-order valence-electron chi connectivity index (χ4n) is 4.07. The number of hydrogen-bond acceptors (Lipinski definition) is 6. The van der Waals surface area contributed by atoms with Crippen molar-refractivity contribution < 1.29 is 23.6 Å². The van der Waals surface area contributed by atoms with Crippen LogP contribution in [0, 0.1) is 0 Å². The molecule has 0 spiro atoms. The van der Waals surface area contributed by atoms with E-state index in [0.29, 0.717) is 50.7 Å². The van der Waals surface area contributed by atoms with Crippen molar-refractivity contribution in [2.75, 3.05) is 51.1 Å². The van der Waals surface area contributed by atoms with E-state index >= 15 is 0 Å². The van der Waals surface area contributed by atoms with E-state index in [1.807, 2.05) is 11.0 Å². The van der Waals surface area contributed by atoms with Gasteiger partial charge < -0.3 is 24.9 Å². The lowest BCUT2D eigenvalue weighted by Crippen LogP contribution is -2.60. The van der Waals surface area contributed by atoms with E-state index in [1.54, 1.807) is 41.3 Å². The minimum absolute atomic E-state index is 0.113. The summed E-state index contributed by atoms with van der Waals surface area (Å²) >= 11 is 0. The topological polar surface area (TPSA) is 115 Å². The Morgan fingerprint density at radius 2 is 1.76 bits per heavy atom. The van der Waals surface area contributed by atoms with Gasteiger partial charge in [-0.15, -0.1) is 0 Å². The SMILES string of the molecule is O=C(C[C@H]1C(=O)NCCN1C(=O)CN1CCN(C(=O)c2ccco2)CC1)Nc1ccccc1. The Labute approximate surface area is 191 Å². The summed E-state index contributed by atoms with van der Waals surface area (Å²) in [6, 6.07) is 11.4. The molecule has 10 nitrogen and oxygen atoms in total. The molecule has 1 atom stereocenters. The number of carbonyl (C=O) groups is 4. The molecular formula is C23H27N5O5. The Balaban J connectivity index is 1.31. The van der Waals surface area contributed by atoms with Crippen LogP contribution in [-0.2, 0) is 14.4 Å². The zero-order chi connectivity index (χ0) is 23.2. The fourth-order valence-corrected chi connectivity index (χ4v) is 4.07. The number of benzene rings is 1. The van der Waals surface area contributed by atoms with E-state index in [1.165, 1.54) is 11.2 Å². The third-order valence-corrected chi connectivity index (χ3v) is 5.84. The molecule has 10 heteroatoms. The molecule has 0 unspecified atom stereocenters. The van der Waals surface area contributed by atoms with Gasteiger partial charge in [-0.05, 0) is 24.3 Å². The number of anilines is 1. The quantitative estimate of drug-likeness (QED) is 0.654. The van der Waals surface area contributed by atoms with Gasteiger partial charge in [0.2, 0.25) is 17.7 Å². The third-order valence-electron chi connectivity index (χ3n) is 5.84. The van der Waals surface area contributed by atoms with Crippen LogP contribution in [0.3, 0.4) is 0 Å². The number of piperazine rings is 2. The summed E-state index contributed by atoms with van der Waals surface area (Å²) in [5.74, 6) is -0.718. The number of para-hydroxylation sites is 1. The molecule has 1 aromatic heterocycles. The number of hydrogen-bond donors (Lipinski definition) is 2. The van der Waals surface area contributed by atoms with Crippen LogP contribution in [-0.4, -0.2) is 90.2 Å². The minimum atomic E-state index is -0.850. The van der Waals surface area contributed by atoms with Crippen molar-refractivity contribution >= 4 is 29.3 Å². The zero-order valence-corrected chi connectivity index (χ0v) is 18.2. The van der Waals surface area contributed by atoms with Gasteiger partial charge in [-0.3, -0.25) is 24.1 Å². The molecule has 2 saturated heterocycles. The summed E-state index contributed by atoms with van der Waals surface area (Å²) in [6.07, 6.45) is 1.35. The molecule has 2 aliphatic heterocycles. The van der Waals surface area contributed by atoms with E-state index in [4.69, 9.17) is 4.42 Å². The first-order valence-corrected chi connectivity index (χ1v) is 11.0. The molecule has 33 heavy (non-hydrogen) atoms. The highest BCUT2D eigenvalue weighted by Crippen LogP contribution is 2.14. The van der Waals surface area contributed by atoms with Crippen molar-refractivity contribution in [3.8, 4) is 0 Å². The molecule has 0 bridgehead atoms. The average molecular weight is 453 g/mol. The highest BCUT2D eigenvalue weighted by atomic mass is 16.3. The molecule has 0 saturated carbocycles. The van der Waals surface area contributed by atoms with E-state index in [-0.39, 0.29) is 36.6 Å². The predicted molar refractivity (Wildman–Crippen MR) is 119 cm³/mol. The number of furan rings is 1. The van der Waals surface area contributed by atoms with Gasteiger partial charge >= 0.3 is 0 Å². The van der Waals surface area contributed by atoms with Gasteiger partial charge in [0.15, 0.2) is 5.76 Å². The van der Waals surface area contributed by atoms with Crippen LogP contribution < -0.4 is 10.6 Å². The summed E-state index contributed by atoms with van der Waals surface area (Å²) < 4.78 is 5.17. The Bertz CT molecular complexity index is 986. The monoisotopic (exact) mass is 453 g/mol. The van der Waals surface area contributed by atoms with Crippen LogP contribution in [0.4, 0.5) is 5.69 Å². The standard InChI is InChI=1S/C23H27N5O5/c29-20(25-17-5-2-1-3-6-17)15-18-22(31)24-8-9-28(18)21(30)16-26-10-12-27(13-11-26)23(32)19-7-4-14-33-19/h1-7,14,18H,8-13,15-16H2,(H,24,31)(H,25,29)/t18-/m0/s1. The minimum Gasteiger partial charge on any atom is -0.459 e. The van der Waals surface area contributed by atoms with Crippen LogP contribution in [0.15, 0.2) is 53.1 Å². The van der Waals surface area contributed by atoms with Crippen LogP contribution in [0.5, 0.6) is 0 Å². The first-order chi connectivity index (χ1) is 16.0. The van der Waals surface area contributed by atoms with Crippen molar-refractivity contribution in [2.45, 2.75) is 12.5 Å². The molecule has 2 fully saturated rings. The van der Waals surface area contributed by atoms with Crippen molar-refractivity contribution in [1.29, 1.82) is 0 Å². The summed E-state index contributed by atoms with van der Waals surface area (Å²) in [7, 11) is 0. The molecule has 3 heterocycles. The van der Waals surface area contributed by atoms with Crippen LogP contribution in [0.1, 0.15) is 17.0 Å². The van der Waals surface area contributed by atoms with Gasteiger partial charge in [0.25, 0.3) is 5.91 Å². The maximum absolute atomic E-state index is 13.0. The lowest BCUT2D eigenvalue weighted by Gasteiger charge is -2.38. The number of rotatable bonds is 6. The number of nitrogens with one attached hydrogen (secondary N) is 2. The predicted octanol–water partition coefficient (Wildman–Crippen LogP) is 0.393. The second-order valence-electron chi connectivity index (χ2n) is 8.06. The van der Waals surface area contributed by atoms with Gasteiger partial charge in [0, 0.05) is 45.0 Å². The van der Waals surface area contributed by atoms with Crippen LogP contribution in [0.25, 0.3) is 0 Å². The Kier molecular flexibility index (Phi) is 7.04. The zero-order valence-electron chi connectivity index (χ0n) is 18.2. The Morgan fingerprint density at radius 1 is 1.00 bits per heavy atom. The van der Waals surface area contributed by atoms with Crippen molar-refractivity contribution in [2.24, 2.45) is 0 Å². The summed E-state index contributed by atoms with van der Waals surface area (Å²) in [4.78, 5) is 55.6. The highest BCUT2D eigenvalue weighted by molar-refractivity contribution is 5.97. The lowest BCUT2D eigenvalue weighted by atomic mass is 10.1. The van der Waals surface area contributed by atoms with Crippen LogP contribution in [0.2, 0.25) is 0 Å². The second-order valence-corrected chi connectivity index (χ2v) is 8.06. The van der Waals surface area contributed by atoms with Gasteiger partial charge in [0.05, 0.1) is 19.2 Å². The first kappa shape index (κ1) is 22.5. The molecule has 0 aliphatic carbocycles. The molecule has 4 amide bonds. The fraction of sp³-hybridized carbons (Fsp3) is 0.391. The van der Waals surface area contributed by atoms with Crippen molar-refractivity contribution in [3.05, 3.63) is 54.5 Å². The Morgan fingerprint density at radius 3 is 2.45 bits per heavy atom. The van der Waals surface area contributed by atoms with E-state index in [2.05, 4.69) is 10.6 Å².